The highest BCUT2D eigenvalue weighted by Crippen LogP contribution is 2.21. The molecule has 0 fully saturated rings. The van der Waals surface area contributed by atoms with Crippen LogP contribution in [0.15, 0.2) is 48.5 Å². The van der Waals surface area contributed by atoms with Crippen LogP contribution in [0, 0.1) is 26.6 Å². The number of nitrogens with zero attached hydrogens (tertiary/aromatic N) is 2. The van der Waals surface area contributed by atoms with Gasteiger partial charge in [-0.1, -0.05) is 42.0 Å². The zero-order chi connectivity index (χ0) is 18.7. The average Bonchev–Trinajstić information content (AvgIpc) is 2.84. The Morgan fingerprint density at radius 2 is 1.85 bits per heavy atom. The molecule has 0 atom stereocenters. The molecule has 5 nitrogen and oxygen atoms in total. The van der Waals surface area contributed by atoms with Crippen molar-refractivity contribution in [2.24, 2.45) is 0 Å². The Bertz CT molecular complexity index is 949. The molecule has 3 aromatic rings. The summed E-state index contributed by atoms with van der Waals surface area (Å²) < 4.78 is 15.5. The zero-order valence-electron chi connectivity index (χ0n) is 15.0. The number of anilines is 2. The smallest absolute Gasteiger partial charge is 0.305 e. The van der Waals surface area contributed by atoms with Gasteiger partial charge < -0.3 is 10.6 Å². The van der Waals surface area contributed by atoms with Crippen molar-refractivity contribution in [2.45, 2.75) is 27.3 Å². The second kappa shape index (κ2) is 7.39. The fourth-order valence-electron chi connectivity index (χ4n) is 2.84. The summed E-state index contributed by atoms with van der Waals surface area (Å²) in [4.78, 5) is 12.2. The number of benzene rings is 2. The number of hydrogen-bond acceptors (Lipinski definition) is 2. The van der Waals surface area contributed by atoms with E-state index in [0.717, 1.165) is 11.3 Å². The van der Waals surface area contributed by atoms with Crippen LogP contribution in [0.25, 0.3) is 0 Å². The maximum atomic E-state index is 13.7. The van der Waals surface area contributed by atoms with Crippen LogP contribution in [-0.4, -0.2) is 15.8 Å². The second-order valence-electron chi connectivity index (χ2n) is 6.25. The number of aromatic nitrogens is 2. The molecule has 26 heavy (non-hydrogen) atoms. The van der Waals surface area contributed by atoms with E-state index in [2.05, 4.69) is 21.8 Å². The Labute approximate surface area is 151 Å². The van der Waals surface area contributed by atoms with E-state index in [4.69, 9.17) is 0 Å². The molecule has 0 aliphatic heterocycles. The number of hydrogen-bond donors (Lipinski definition) is 2. The van der Waals surface area contributed by atoms with Gasteiger partial charge in [-0.2, -0.15) is 5.10 Å². The molecule has 0 radical (unpaired) electrons. The van der Waals surface area contributed by atoms with E-state index < -0.39 is 11.8 Å². The number of amides is 2. The number of urea groups is 1. The number of carbonyl (C=O) groups excluding carboxylic acids is 1. The Hall–Kier alpha value is -3.15. The molecule has 0 saturated heterocycles. The van der Waals surface area contributed by atoms with Crippen LogP contribution in [0.3, 0.4) is 0 Å². The van der Waals surface area contributed by atoms with E-state index in [9.17, 15) is 9.18 Å². The lowest BCUT2D eigenvalue weighted by molar-refractivity contribution is 0.262. The number of halogens is 1. The van der Waals surface area contributed by atoms with Crippen LogP contribution in [0.2, 0.25) is 0 Å². The normalized spacial score (nSPS) is 10.6. The van der Waals surface area contributed by atoms with Crippen molar-refractivity contribution < 1.29 is 9.18 Å². The van der Waals surface area contributed by atoms with Gasteiger partial charge in [-0.25, -0.2) is 9.18 Å². The van der Waals surface area contributed by atoms with Crippen molar-refractivity contribution in [3.63, 3.8) is 0 Å². The number of rotatable bonds is 4. The summed E-state index contributed by atoms with van der Waals surface area (Å²) in [5.41, 5.74) is 4.63. The Morgan fingerprint density at radius 1 is 1.08 bits per heavy atom. The van der Waals surface area contributed by atoms with E-state index >= 15 is 0 Å². The Balaban J connectivity index is 1.75. The molecular formula is C20H21FN4O. The van der Waals surface area contributed by atoms with Crippen LogP contribution < -0.4 is 10.6 Å². The monoisotopic (exact) mass is 352 g/mol. The summed E-state index contributed by atoms with van der Waals surface area (Å²) in [6, 6.07) is 13.7. The molecule has 0 aliphatic carbocycles. The lowest BCUT2D eigenvalue weighted by atomic mass is 10.1. The predicted octanol–water partition coefficient (Wildman–Crippen LogP) is 4.64. The Morgan fingerprint density at radius 3 is 2.58 bits per heavy atom. The van der Waals surface area contributed by atoms with Gasteiger partial charge in [0.2, 0.25) is 0 Å². The zero-order valence-corrected chi connectivity index (χ0v) is 15.0. The summed E-state index contributed by atoms with van der Waals surface area (Å²) in [7, 11) is 0. The van der Waals surface area contributed by atoms with Crippen molar-refractivity contribution >= 4 is 17.4 Å². The Kier molecular flexibility index (Phi) is 5.02. The highest BCUT2D eigenvalue weighted by atomic mass is 19.1. The van der Waals surface area contributed by atoms with E-state index in [-0.39, 0.29) is 5.69 Å². The number of nitrogens with one attached hydrogen (secondary N) is 2. The third kappa shape index (κ3) is 3.91. The maximum Gasteiger partial charge on any atom is 0.323 e. The molecule has 134 valence electrons. The molecule has 1 aromatic heterocycles. The minimum atomic E-state index is -0.503. The highest BCUT2D eigenvalue weighted by molar-refractivity contribution is 6.00. The van der Waals surface area contributed by atoms with Crippen molar-refractivity contribution in [1.29, 1.82) is 0 Å². The van der Waals surface area contributed by atoms with Gasteiger partial charge in [-0.15, -0.1) is 0 Å². The average molecular weight is 352 g/mol. The standard InChI is InChI=1S/C20H21FN4O/c1-13-7-6-8-16(11-13)12-25-15(3)19(14(2)24-25)23-20(26)22-18-10-5-4-9-17(18)21/h4-11H,12H2,1-3H3,(H2,22,23,26). The van der Waals surface area contributed by atoms with Gasteiger partial charge in [-0.05, 0) is 38.5 Å². The molecule has 1 heterocycles. The molecule has 3 rings (SSSR count). The van der Waals surface area contributed by atoms with Crippen molar-refractivity contribution in [3.8, 4) is 0 Å². The van der Waals surface area contributed by atoms with Gasteiger partial charge >= 0.3 is 6.03 Å². The summed E-state index contributed by atoms with van der Waals surface area (Å²) in [6.07, 6.45) is 0. The van der Waals surface area contributed by atoms with Crippen molar-refractivity contribution in [2.75, 3.05) is 10.6 Å². The summed E-state index contributed by atoms with van der Waals surface area (Å²) >= 11 is 0. The van der Waals surface area contributed by atoms with Crippen LogP contribution in [0.4, 0.5) is 20.6 Å². The van der Waals surface area contributed by atoms with E-state index in [1.807, 2.05) is 43.7 Å². The first-order chi connectivity index (χ1) is 12.4. The maximum absolute atomic E-state index is 13.7. The number of para-hydroxylation sites is 1. The number of aryl methyl sites for hydroxylation is 2. The highest BCUT2D eigenvalue weighted by Gasteiger charge is 2.15. The quantitative estimate of drug-likeness (QED) is 0.719. The van der Waals surface area contributed by atoms with Gasteiger partial charge in [-0.3, -0.25) is 4.68 Å². The molecule has 6 heteroatoms. The minimum Gasteiger partial charge on any atom is -0.305 e. The molecule has 0 spiro atoms. The van der Waals surface area contributed by atoms with Gasteiger partial charge in [0.25, 0.3) is 0 Å². The van der Waals surface area contributed by atoms with Crippen LogP contribution >= 0.6 is 0 Å². The molecule has 0 bridgehead atoms. The summed E-state index contributed by atoms with van der Waals surface area (Å²) in [5, 5.41) is 9.80. The lowest BCUT2D eigenvalue weighted by Crippen LogP contribution is -2.21. The van der Waals surface area contributed by atoms with Gasteiger partial charge in [0.05, 0.1) is 29.3 Å². The summed E-state index contributed by atoms with van der Waals surface area (Å²) in [5.74, 6) is -0.480. The molecule has 2 amide bonds. The lowest BCUT2D eigenvalue weighted by Gasteiger charge is -2.09. The molecule has 2 N–H and O–H groups in total. The number of carbonyl (C=O) groups is 1. The summed E-state index contributed by atoms with van der Waals surface area (Å²) in [6.45, 7) is 6.39. The topological polar surface area (TPSA) is 59.0 Å². The molecule has 0 saturated carbocycles. The minimum absolute atomic E-state index is 0.132. The fraction of sp³-hybridized carbons (Fsp3) is 0.200. The van der Waals surface area contributed by atoms with Gasteiger partial charge in [0, 0.05) is 0 Å². The molecular weight excluding hydrogens is 331 g/mol. The van der Waals surface area contributed by atoms with Gasteiger partial charge in [0.1, 0.15) is 5.82 Å². The van der Waals surface area contributed by atoms with Crippen LogP contribution in [-0.2, 0) is 6.54 Å². The molecule has 2 aromatic carbocycles. The van der Waals surface area contributed by atoms with Crippen molar-refractivity contribution in [3.05, 3.63) is 76.9 Å². The van der Waals surface area contributed by atoms with E-state index in [1.165, 1.54) is 17.7 Å². The molecule has 0 unspecified atom stereocenters. The van der Waals surface area contributed by atoms with Crippen molar-refractivity contribution in [1.82, 2.24) is 9.78 Å². The third-order valence-corrected chi connectivity index (χ3v) is 4.16. The predicted molar refractivity (Wildman–Crippen MR) is 101 cm³/mol. The largest absolute Gasteiger partial charge is 0.323 e. The van der Waals surface area contributed by atoms with E-state index in [0.29, 0.717) is 17.9 Å². The second-order valence-corrected chi connectivity index (χ2v) is 6.25. The van der Waals surface area contributed by atoms with Gasteiger partial charge in [0.15, 0.2) is 0 Å². The molecule has 0 aliphatic rings. The first-order valence-electron chi connectivity index (χ1n) is 8.36. The fourth-order valence-corrected chi connectivity index (χ4v) is 2.84. The third-order valence-electron chi connectivity index (χ3n) is 4.16. The first-order valence-corrected chi connectivity index (χ1v) is 8.36. The van der Waals surface area contributed by atoms with Crippen LogP contribution in [0.1, 0.15) is 22.5 Å². The first kappa shape index (κ1) is 17.7. The van der Waals surface area contributed by atoms with E-state index in [1.54, 1.807) is 12.1 Å². The van der Waals surface area contributed by atoms with Crippen LogP contribution in [0.5, 0.6) is 0 Å². The SMILES string of the molecule is Cc1cccc(Cn2nc(C)c(NC(=O)Nc3ccccc3F)c2C)c1.